The van der Waals surface area contributed by atoms with Gasteiger partial charge in [-0.05, 0) is 46.3 Å². The molecule has 106 valence electrons. The average molecular weight is 412 g/mol. The van der Waals surface area contributed by atoms with E-state index in [-0.39, 0.29) is 5.82 Å². The number of benzene rings is 2. The minimum atomic E-state index is -0.380. The van der Waals surface area contributed by atoms with Crippen LogP contribution in [0.1, 0.15) is 0 Å². The van der Waals surface area contributed by atoms with Gasteiger partial charge in [-0.1, -0.05) is 15.9 Å². The summed E-state index contributed by atoms with van der Waals surface area (Å²) in [7, 11) is 0. The third-order valence-electron chi connectivity index (χ3n) is 2.88. The fourth-order valence-corrected chi connectivity index (χ4v) is 2.76. The lowest BCUT2D eigenvalue weighted by Crippen LogP contribution is -1.93. The van der Waals surface area contributed by atoms with Crippen LogP contribution in [-0.2, 0) is 0 Å². The number of aromatic nitrogens is 1. The second kappa shape index (κ2) is 5.61. The zero-order valence-corrected chi connectivity index (χ0v) is 13.8. The van der Waals surface area contributed by atoms with Crippen LogP contribution in [0.5, 0.6) is 11.5 Å². The van der Waals surface area contributed by atoms with Gasteiger partial charge in [-0.3, -0.25) is 4.98 Å². The van der Waals surface area contributed by atoms with Gasteiger partial charge in [-0.2, -0.15) is 0 Å². The maximum atomic E-state index is 13.4. The molecule has 3 rings (SSSR count). The Morgan fingerprint density at radius 3 is 2.62 bits per heavy atom. The Labute approximate surface area is 137 Å². The lowest BCUT2D eigenvalue weighted by Gasteiger charge is -2.10. The van der Waals surface area contributed by atoms with E-state index in [1.54, 1.807) is 24.4 Å². The molecule has 0 saturated carbocycles. The second-order valence-corrected chi connectivity index (χ2v) is 6.24. The van der Waals surface area contributed by atoms with Crippen molar-refractivity contribution in [3.63, 3.8) is 0 Å². The number of nitrogen functional groups attached to an aromatic ring is 1. The van der Waals surface area contributed by atoms with Crippen molar-refractivity contribution in [3.8, 4) is 11.5 Å². The molecule has 21 heavy (non-hydrogen) atoms. The number of anilines is 1. The van der Waals surface area contributed by atoms with Crippen LogP contribution in [0.2, 0.25) is 0 Å². The fraction of sp³-hybridized carbons (Fsp3) is 0. The Hall–Kier alpha value is -1.66. The van der Waals surface area contributed by atoms with Gasteiger partial charge in [0.2, 0.25) is 0 Å². The Bertz CT molecular complexity index is 819. The first-order valence-corrected chi connectivity index (χ1v) is 7.59. The summed E-state index contributed by atoms with van der Waals surface area (Å²) in [6, 6.07) is 9.68. The predicted molar refractivity (Wildman–Crippen MR) is 88.0 cm³/mol. The molecule has 1 aromatic heterocycles. The topological polar surface area (TPSA) is 48.1 Å². The molecule has 2 N–H and O–H groups in total. The highest BCUT2D eigenvalue weighted by atomic mass is 79.9. The molecular weight excluding hydrogens is 403 g/mol. The number of hydrogen-bond donors (Lipinski definition) is 1. The summed E-state index contributed by atoms with van der Waals surface area (Å²) < 4.78 is 20.6. The van der Waals surface area contributed by atoms with Crippen molar-refractivity contribution in [1.82, 2.24) is 4.98 Å². The van der Waals surface area contributed by atoms with Gasteiger partial charge in [0.1, 0.15) is 17.1 Å². The van der Waals surface area contributed by atoms with E-state index >= 15 is 0 Å². The number of hydrogen-bond acceptors (Lipinski definition) is 3. The molecular formula is C15H9Br2FN2O. The molecule has 2 aromatic carbocycles. The minimum absolute atomic E-state index is 0.380. The largest absolute Gasteiger partial charge is 0.455 e. The first-order valence-electron chi connectivity index (χ1n) is 6.00. The van der Waals surface area contributed by atoms with Gasteiger partial charge in [0.05, 0.1) is 0 Å². The van der Waals surface area contributed by atoms with Crippen LogP contribution in [0.15, 0.2) is 51.5 Å². The third kappa shape index (κ3) is 3.01. The SMILES string of the molecule is Nc1ccc(Oc2cc(F)cc(Br)c2)c2ncc(Br)cc12. The van der Waals surface area contributed by atoms with Crippen LogP contribution in [-0.4, -0.2) is 4.98 Å². The van der Waals surface area contributed by atoms with Crippen LogP contribution in [0.4, 0.5) is 10.1 Å². The van der Waals surface area contributed by atoms with Crippen molar-refractivity contribution in [2.45, 2.75) is 0 Å². The van der Waals surface area contributed by atoms with Gasteiger partial charge in [0.15, 0.2) is 5.75 Å². The molecule has 1 heterocycles. The van der Waals surface area contributed by atoms with Crippen molar-refractivity contribution in [2.24, 2.45) is 0 Å². The van der Waals surface area contributed by atoms with E-state index in [9.17, 15) is 4.39 Å². The maximum absolute atomic E-state index is 13.4. The number of nitrogens with zero attached hydrogens (tertiary/aromatic N) is 1. The first-order chi connectivity index (χ1) is 10.0. The number of halogens is 3. The summed E-state index contributed by atoms with van der Waals surface area (Å²) in [5, 5.41) is 0.775. The molecule has 0 amide bonds. The summed E-state index contributed by atoms with van der Waals surface area (Å²) in [6.45, 7) is 0. The van der Waals surface area contributed by atoms with Crippen molar-refractivity contribution in [2.75, 3.05) is 5.73 Å². The van der Waals surface area contributed by atoms with Crippen molar-refractivity contribution < 1.29 is 9.13 Å². The number of ether oxygens (including phenoxy) is 1. The molecule has 6 heteroatoms. The molecule has 0 atom stereocenters. The Morgan fingerprint density at radius 2 is 1.86 bits per heavy atom. The number of nitrogens with two attached hydrogens (primary N) is 1. The van der Waals surface area contributed by atoms with Crippen LogP contribution >= 0.6 is 31.9 Å². The predicted octanol–water partition coefficient (Wildman–Crippen LogP) is 5.27. The Balaban J connectivity index is 2.10. The van der Waals surface area contributed by atoms with E-state index in [1.165, 1.54) is 12.1 Å². The standard InChI is InChI=1S/C15H9Br2FN2O/c16-8-3-10(18)6-11(4-8)21-14-2-1-13(19)12-5-9(17)7-20-15(12)14/h1-7H,19H2. The highest BCUT2D eigenvalue weighted by Gasteiger charge is 2.09. The fourth-order valence-electron chi connectivity index (χ4n) is 1.99. The van der Waals surface area contributed by atoms with E-state index in [2.05, 4.69) is 36.8 Å². The van der Waals surface area contributed by atoms with Gasteiger partial charge < -0.3 is 10.5 Å². The smallest absolute Gasteiger partial charge is 0.153 e. The molecule has 0 saturated heterocycles. The molecule has 0 fully saturated rings. The molecule has 0 bridgehead atoms. The monoisotopic (exact) mass is 410 g/mol. The Kier molecular flexibility index (Phi) is 3.82. The summed E-state index contributed by atoms with van der Waals surface area (Å²) in [6.07, 6.45) is 1.66. The van der Waals surface area contributed by atoms with Gasteiger partial charge in [-0.25, -0.2) is 4.39 Å². The Morgan fingerprint density at radius 1 is 1.05 bits per heavy atom. The molecule has 0 unspecified atom stereocenters. The first kappa shape index (κ1) is 14.3. The van der Waals surface area contributed by atoms with Crippen LogP contribution in [0, 0.1) is 5.82 Å². The average Bonchev–Trinajstić information content (AvgIpc) is 2.41. The van der Waals surface area contributed by atoms with E-state index in [0.29, 0.717) is 27.2 Å². The molecule has 0 aliphatic heterocycles. The van der Waals surface area contributed by atoms with Crippen LogP contribution < -0.4 is 10.5 Å². The normalized spacial score (nSPS) is 10.8. The highest BCUT2D eigenvalue weighted by Crippen LogP contribution is 2.34. The second-order valence-electron chi connectivity index (χ2n) is 4.41. The van der Waals surface area contributed by atoms with Gasteiger partial charge in [0.25, 0.3) is 0 Å². The quantitative estimate of drug-likeness (QED) is 0.584. The van der Waals surface area contributed by atoms with Crippen LogP contribution in [0.3, 0.4) is 0 Å². The molecule has 0 spiro atoms. The summed E-state index contributed by atoms with van der Waals surface area (Å²) in [5.41, 5.74) is 7.18. The number of fused-ring (bicyclic) bond motifs is 1. The highest BCUT2D eigenvalue weighted by molar-refractivity contribution is 9.10. The van der Waals surface area contributed by atoms with Crippen molar-refractivity contribution >= 4 is 48.5 Å². The van der Waals surface area contributed by atoms with Crippen LogP contribution in [0.25, 0.3) is 10.9 Å². The molecule has 3 nitrogen and oxygen atoms in total. The van der Waals surface area contributed by atoms with E-state index in [0.717, 1.165) is 9.86 Å². The molecule has 0 aliphatic rings. The van der Waals surface area contributed by atoms with E-state index in [1.807, 2.05) is 6.07 Å². The summed E-state index contributed by atoms with van der Waals surface area (Å²) >= 11 is 6.60. The summed E-state index contributed by atoms with van der Waals surface area (Å²) in [4.78, 5) is 4.33. The zero-order valence-electron chi connectivity index (χ0n) is 10.6. The zero-order chi connectivity index (χ0) is 15.0. The third-order valence-corrected chi connectivity index (χ3v) is 3.77. The van der Waals surface area contributed by atoms with E-state index in [4.69, 9.17) is 10.5 Å². The number of rotatable bonds is 2. The van der Waals surface area contributed by atoms with Gasteiger partial charge >= 0.3 is 0 Å². The molecule has 0 radical (unpaired) electrons. The van der Waals surface area contributed by atoms with Gasteiger partial charge in [0, 0.05) is 32.3 Å². The molecule has 0 aliphatic carbocycles. The lowest BCUT2D eigenvalue weighted by molar-refractivity contribution is 0.480. The van der Waals surface area contributed by atoms with E-state index < -0.39 is 0 Å². The maximum Gasteiger partial charge on any atom is 0.153 e. The number of pyridine rings is 1. The molecule has 3 aromatic rings. The van der Waals surface area contributed by atoms with Crippen molar-refractivity contribution in [3.05, 3.63) is 57.4 Å². The van der Waals surface area contributed by atoms with Crippen molar-refractivity contribution in [1.29, 1.82) is 0 Å². The summed E-state index contributed by atoms with van der Waals surface area (Å²) in [5.74, 6) is 0.525. The lowest BCUT2D eigenvalue weighted by atomic mass is 10.1. The van der Waals surface area contributed by atoms with Gasteiger partial charge in [-0.15, -0.1) is 0 Å². The minimum Gasteiger partial charge on any atom is -0.455 e.